The van der Waals surface area contributed by atoms with E-state index in [0.717, 1.165) is 18.4 Å². The predicted molar refractivity (Wildman–Crippen MR) is 70.2 cm³/mol. The molecule has 0 aliphatic heterocycles. The summed E-state index contributed by atoms with van der Waals surface area (Å²) in [4.78, 5) is 12.1. The molecular weight excluding hydrogens is 265 g/mol. The summed E-state index contributed by atoms with van der Waals surface area (Å²) in [7, 11) is 0. The van der Waals surface area contributed by atoms with Gasteiger partial charge in [-0.25, -0.2) is 13.2 Å². The second-order valence-corrected chi connectivity index (χ2v) is 4.53. The topological polar surface area (TPSA) is 17.1 Å². The third kappa shape index (κ3) is 2.90. The molecule has 2 aromatic rings. The van der Waals surface area contributed by atoms with Crippen molar-refractivity contribution in [2.45, 2.75) is 19.8 Å². The minimum Gasteiger partial charge on any atom is -0.289 e. The molecule has 0 fully saturated rings. The molecule has 104 valence electrons. The van der Waals surface area contributed by atoms with Crippen LogP contribution in [0, 0.1) is 17.5 Å². The van der Waals surface area contributed by atoms with E-state index in [1.165, 1.54) is 0 Å². The monoisotopic (exact) mass is 278 g/mol. The Kier molecular flexibility index (Phi) is 4.23. The second kappa shape index (κ2) is 5.90. The third-order valence-electron chi connectivity index (χ3n) is 3.00. The highest BCUT2D eigenvalue weighted by molar-refractivity contribution is 6.09. The molecule has 0 unspecified atom stereocenters. The van der Waals surface area contributed by atoms with Gasteiger partial charge >= 0.3 is 0 Å². The predicted octanol–water partition coefficient (Wildman–Crippen LogP) is 4.29. The van der Waals surface area contributed by atoms with Crippen molar-refractivity contribution in [2.24, 2.45) is 0 Å². The molecule has 2 rings (SSSR count). The first-order valence-electron chi connectivity index (χ1n) is 6.31. The van der Waals surface area contributed by atoms with Crippen LogP contribution >= 0.6 is 0 Å². The highest BCUT2D eigenvalue weighted by Gasteiger charge is 2.16. The van der Waals surface area contributed by atoms with Crippen LogP contribution in [0.4, 0.5) is 13.2 Å². The molecule has 0 aliphatic rings. The maximum atomic E-state index is 13.1. The normalized spacial score (nSPS) is 10.6. The van der Waals surface area contributed by atoms with Gasteiger partial charge in [-0.05, 0) is 24.1 Å². The van der Waals surface area contributed by atoms with E-state index in [0.29, 0.717) is 17.7 Å². The van der Waals surface area contributed by atoms with Crippen LogP contribution in [-0.4, -0.2) is 5.78 Å². The zero-order valence-electron chi connectivity index (χ0n) is 10.9. The van der Waals surface area contributed by atoms with Gasteiger partial charge in [0.05, 0.1) is 0 Å². The molecule has 0 bridgehead atoms. The molecule has 0 N–H and O–H groups in total. The third-order valence-corrected chi connectivity index (χ3v) is 3.00. The average Bonchev–Trinajstić information content (AvgIpc) is 2.44. The highest BCUT2D eigenvalue weighted by atomic mass is 19.2. The molecule has 0 aliphatic carbocycles. The molecule has 0 atom stereocenters. The molecule has 0 amide bonds. The summed E-state index contributed by atoms with van der Waals surface area (Å²) >= 11 is 0. The van der Waals surface area contributed by atoms with Gasteiger partial charge in [0.2, 0.25) is 0 Å². The van der Waals surface area contributed by atoms with Crippen LogP contribution in [0.25, 0.3) is 0 Å². The molecule has 0 saturated heterocycles. The number of hydrogen-bond acceptors (Lipinski definition) is 1. The van der Waals surface area contributed by atoms with E-state index in [9.17, 15) is 18.0 Å². The number of benzene rings is 2. The Hall–Kier alpha value is -2.10. The van der Waals surface area contributed by atoms with Crippen LogP contribution in [-0.2, 0) is 6.42 Å². The summed E-state index contributed by atoms with van der Waals surface area (Å²) in [5, 5.41) is 0. The molecule has 2 aromatic carbocycles. The van der Waals surface area contributed by atoms with E-state index in [4.69, 9.17) is 0 Å². The zero-order valence-corrected chi connectivity index (χ0v) is 10.9. The van der Waals surface area contributed by atoms with Crippen LogP contribution in [0.15, 0.2) is 36.4 Å². The Balaban J connectivity index is 2.31. The van der Waals surface area contributed by atoms with Crippen molar-refractivity contribution in [1.82, 2.24) is 0 Å². The second-order valence-electron chi connectivity index (χ2n) is 4.53. The molecule has 0 heterocycles. The van der Waals surface area contributed by atoms with Gasteiger partial charge in [0.25, 0.3) is 0 Å². The standard InChI is InChI=1S/C16H13F3O/c1-2-3-10-4-6-11(7-5-10)16(20)12-8-13(17)15(19)14(18)9-12/h4-9H,2-3H2,1H3. The Bertz CT molecular complexity index is 610. The van der Waals surface area contributed by atoms with Gasteiger partial charge in [-0.1, -0.05) is 37.6 Å². The molecular formula is C16H13F3O. The molecule has 0 saturated carbocycles. The van der Waals surface area contributed by atoms with Crippen molar-refractivity contribution in [3.8, 4) is 0 Å². The minimum atomic E-state index is -1.57. The molecule has 0 radical (unpaired) electrons. The van der Waals surface area contributed by atoms with Crippen LogP contribution in [0.1, 0.15) is 34.8 Å². The summed E-state index contributed by atoms with van der Waals surface area (Å²) in [6, 6.07) is 8.22. The van der Waals surface area contributed by atoms with Gasteiger partial charge in [0.15, 0.2) is 23.2 Å². The van der Waals surface area contributed by atoms with Gasteiger partial charge in [-0.3, -0.25) is 4.79 Å². The van der Waals surface area contributed by atoms with Gasteiger partial charge in [-0.15, -0.1) is 0 Å². The largest absolute Gasteiger partial charge is 0.289 e. The van der Waals surface area contributed by atoms with E-state index in [-0.39, 0.29) is 5.56 Å². The van der Waals surface area contributed by atoms with Gasteiger partial charge in [-0.2, -0.15) is 0 Å². The SMILES string of the molecule is CCCc1ccc(C(=O)c2cc(F)c(F)c(F)c2)cc1. The van der Waals surface area contributed by atoms with Crippen molar-refractivity contribution in [1.29, 1.82) is 0 Å². The molecule has 1 nitrogen and oxygen atoms in total. The lowest BCUT2D eigenvalue weighted by atomic mass is 10.0. The van der Waals surface area contributed by atoms with Gasteiger partial charge in [0, 0.05) is 11.1 Å². The van der Waals surface area contributed by atoms with Crippen LogP contribution in [0.2, 0.25) is 0 Å². The molecule has 0 aromatic heterocycles. The number of carbonyl (C=O) groups excluding carboxylic acids is 1. The fraction of sp³-hybridized carbons (Fsp3) is 0.188. The molecule has 0 spiro atoms. The van der Waals surface area contributed by atoms with E-state index in [1.807, 2.05) is 6.92 Å². The van der Waals surface area contributed by atoms with Crippen molar-refractivity contribution in [2.75, 3.05) is 0 Å². The number of halogens is 3. The van der Waals surface area contributed by atoms with Gasteiger partial charge < -0.3 is 0 Å². The van der Waals surface area contributed by atoms with E-state index in [2.05, 4.69) is 0 Å². The Morgan fingerprint density at radius 3 is 2.00 bits per heavy atom. The summed E-state index contributed by atoms with van der Waals surface area (Å²) in [6.07, 6.45) is 1.88. The first kappa shape index (κ1) is 14.3. The molecule has 4 heteroatoms. The van der Waals surface area contributed by atoms with Crippen molar-refractivity contribution in [3.63, 3.8) is 0 Å². The number of ketones is 1. The Labute approximate surface area is 115 Å². The van der Waals surface area contributed by atoms with Crippen molar-refractivity contribution >= 4 is 5.78 Å². The maximum absolute atomic E-state index is 13.1. The quantitative estimate of drug-likeness (QED) is 0.602. The van der Waals surface area contributed by atoms with Crippen molar-refractivity contribution in [3.05, 3.63) is 70.5 Å². The fourth-order valence-electron chi connectivity index (χ4n) is 1.96. The summed E-state index contributed by atoms with van der Waals surface area (Å²) in [6.45, 7) is 2.04. The van der Waals surface area contributed by atoms with E-state index in [1.54, 1.807) is 24.3 Å². The van der Waals surface area contributed by atoms with E-state index >= 15 is 0 Å². The number of carbonyl (C=O) groups is 1. The fourth-order valence-corrected chi connectivity index (χ4v) is 1.96. The number of rotatable bonds is 4. The zero-order chi connectivity index (χ0) is 14.7. The first-order chi connectivity index (χ1) is 9.52. The number of aryl methyl sites for hydroxylation is 1. The lowest BCUT2D eigenvalue weighted by Gasteiger charge is -2.04. The van der Waals surface area contributed by atoms with Crippen LogP contribution < -0.4 is 0 Å². The first-order valence-corrected chi connectivity index (χ1v) is 6.31. The highest BCUT2D eigenvalue weighted by Crippen LogP contribution is 2.17. The maximum Gasteiger partial charge on any atom is 0.194 e. The Morgan fingerprint density at radius 2 is 1.50 bits per heavy atom. The van der Waals surface area contributed by atoms with E-state index < -0.39 is 23.2 Å². The lowest BCUT2D eigenvalue weighted by Crippen LogP contribution is -2.04. The average molecular weight is 278 g/mol. The minimum absolute atomic E-state index is 0.204. The van der Waals surface area contributed by atoms with Crippen LogP contribution in [0.3, 0.4) is 0 Å². The Morgan fingerprint density at radius 1 is 0.950 bits per heavy atom. The molecule has 20 heavy (non-hydrogen) atoms. The van der Waals surface area contributed by atoms with Crippen molar-refractivity contribution < 1.29 is 18.0 Å². The summed E-state index contributed by atoms with van der Waals surface area (Å²) in [5.74, 6) is -4.84. The van der Waals surface area contributed by atoms with Crippen LogP contribution in [0.5, 0.6) is 0 Å². The smallest absolute Gasteiger partial charge is 0.194 e. The summed E-state index contributed by atoms with van der Waals surface area (Å²) < 4.78 is 39.1. The summed E-state index contributed by atoms with van der Waals surface area (Å²) in [5.41, 5.74) is 1.19. The number of hydrogen-bond donors (Lipinski definition) is 0. The van der Waals surface area contributed by atoms with Gasteiger partial charge in [0.1, 0.15) is 0 Å². The lowest BCUT2D eigenvalue weighted by molar-refractivity contribution is 0.103.